The number of hydrogen-bond acceptors (Lipinski definition) is 8. The second-order valence-corrected chi connectivity index (χ2v) is 11.3. The van der Waals surface area contributed by atoms with Crippen molar-refractivity contribution in [2.24, 2.45) is 0 Å². The Morgan fingerprint density at radius 3 is 2.65 bits per heavy atom. The highest BCUT2D eigenvalue weighted by atomic mass is 32.1. The van der Waals surface area contributed by atoms with Gasteiger partial charge in [0, 0.05) is 53.6 Å². The topological polar surface area (TPSA) is 93.7 Å². The number of ether oxygens (including phenoxy) is 2. The number of carbonyl (C=O) groups is 2. The number of esters is 1. The summed E-state index contributed by atoms with van der Waals surface area (Å²) in [6.45, 7) is 4.00. The van der Waals surface area contributed by atoms with Crippen LogP contribution >= 0.6 is 11.3 Å². The van der Waals surface area contributed by atoms with Gasteiger partial charge in [0.15, 0.2) is 11.2 Å². The standard InChI is InChI=1S/C34H32N4O4S/c1-3-30(32(39)37-34-36-29(21-43-34)23-12-9-13-24(18-23)41-2)42-33(40)31-25-14-7-8-15-27(25)35-28-16-17-38(20-26(28)31)19-22-10-5-4-6-11-22/h4-15,18,21,30H,3,16-17,19-20H2,1-2H3,(H,36,37,39). The van der Waals surface area contributed by atoms with Crippen molar-refractivity contribution in [2.75, 3.05) is 19.0 Å². The van der Waals surface area contributed by atoms with Gasteiger partial charge in [0.05, 0.1) is 23.9 Å². The number of fused-ring (bicyclic) bond motifs is 2. The second-order valence-electron chi connectivity index (χ2n) is 10.4. The molecule has 3 aromatic carbocycles. The summed E-state index contributed by atoms with van der Waals surface area (Å²) in [5, 5.41) is 5.87. The number of methoxy groups -OCH3 is 1. The molecule has 2 aromatic heterocycles. The molecule has 1 N–H and O–H groups in total. The number of benzene rings is 3. The van der Waals surface area contributed by atoms with Crippen LogP contribution in [0.5, 0.6) is 5.75 Å². The lowest BCUT2D eigenvalue weighted by Crippen LogP contribution is -2.34. The third kappa shape index (κ3) is 6.28. The van der Waals surface area contributed by atoms with Gasteiger partial charge in [-0.3, -0.25) is 20.0 Å². The van der Waals surface area contributed by atoms with E-state index in [0.29, 0.717) is 23.7 Å². The fraction of sp³-hybridized carbons (Fsp3) is 0.235. The second kappa shape index (κ2) is 12.7. The Morgan fingerprint density at radius 2 is 1.84 bits per heavy atom. The van der Waals surface area contributed by atoms with E-state index in [4.69, 9.17) is 14.5 Å². The fourth-order valence-corrected chi connectivity index (χ4v) is 6.12. The molecule has 3 heterocycles. The largest absolute Gasteiger partial charge is 0.497 e. The molecular weight excluding hydrogens is 560 g/mol. The predicted molar refractivity (Wildman–Crippen MR) is 168 cm³/mol. The van der Waals surface area contributed by atoms with Crippen molar-refractivity contribution in [3.63, 3.8) is 0 Å². The Hall–Kier alpha value is -4.60. The summed E-state index contributed by atoms with van der Waals surface area (Å²) in [4.78, 5) is 39.0. The van der Waals surface area contributed by atoms with Crippen LogP contribution in [-0.2, 0) is 29.0 Å². The Balaban J connectivity index is 1.22. The summed E-state index contributed by atoms with van der Waals surface area (Å²) in [7, 11) is 1.61. The monoisotopic (exact) mass is 592 g/mol. The molecule has 0 bridgehead atoms. The van der Waals surface area contributed by atoms with Gasteiger partial charge < -0.3 is 9.47 Å². The zero-order chi connectivity index (χ0) is 29.8. The smallest absolute Gasteiger partial charge is 0.340 e. The lowest BCUT2D eigenvalue weighted by molar-refractivity contribution is -0.124. The SMILES string of the molecule is CCC(OC(=O)c1c2c(nc3ccccc13)CCN(Cc1ccccc1)C2)C(=O)Nc1nc(-c2cccc(OC)c2)cs1. The first-order chi connectivity index (χ1) is 21.0. The molecule has 1 amide bonds. The van der Waals surface area contributed by atoms with Gasteiger partial charge in [-0.2, -0.15) is 0 Å². The number of thiazole rings is 1. The van der Waals surface area contributed by atoms with Crippen LogP contribution in [-0.4, -0.2) is 46.5 Å². The summed E-state index contributed by atoms with van der Waals surface area (Å²) in [5.41, 5.74) is 5.81. The first-order valence-electron chi connectivity index (χ1n) is 14.3. The number of aromatic nitrogens is 2. The molecule has 0 aliphatic carbocycles. The zero-order valence-corrected chi connectivity index (χ0v) is 24.9. The van der Waals surface area contributed by atoms with Crippen molar-refractivity contribution in [3.05, 3.63) is 107 Å². The number of carbonyl (C=O) groups excluding carboxylic acids is 2. The normalized spacial score (nSPS) is 13.7. The molecule has 218 valence electrons. The maximum absolute atomic E-state index is 13.9. The number of para-hydroxylation sites is 1. The third-order valence-corrected chi connectivity index (χ3v) is 8.35. The lowest BCUT2D eigenvalue weighted by Gasteiger charge is -2.30. The van der Waals surface area contributed by atoms with E-state index in [1.54, 1.807) is 7.11 Å². The van der Waals surface area contributed by atoms with Gasteiger partial charge in [-0.15, -0.1) is 11.3 Å². The molecule has 0 radical (unpaired) electrons. The van der Waals surface area contributed by atoms with Crippen molar-refractivity contribution in [1.29, 1.82) is 0 Å². The minimum Gasteiger partial charge on any atom is -0.497 e. The van der Waals surface area contributed by atoms with Crippen LogP contribution < -0.4 is 10.1 Å². The number of pyridine rings is 1. The van der Waals surface area contributed by atoms with E-state index in [-0.39, 0.29) is 0 Å². The molecule has 0 fully saturated rings. The average Bonchev–Trinajstić information content (AvgIpc) is 3.51. The van der Waals surface area contributed by atoms with E-state index in [2.05, 4.69) is 27.3 Å². The number of rotatable bonds is 9. The van der Waals surface area contributed by atoms with Crippen molar-refractivity contribution in [2.45, 2.75) is 39.0 Å². The van der Waals surface area contributed by atoms with Crippen LogP contribution in [0.4, 0.5) is 5.13 Å². The lowest BCUT2D eigenvalue weighted by atomic mass is 9.95. The van der Waals surface area contributed by atoms with Crippen LogP contribution in [0.1, 0.15) is 40.5 Å². The summed E-state index contributed by atoms with van der Waals surface area (Å²) in [5.74, 6) is -0.210. The quantitative estimate of drug-likeness (QED) is 0.195. The van der Waals surface area contributed by atoms with Crippen LogP contribution in [0.3, 0.4) is 0 Å². The molecule has 1 atom stereocenters. The Bertz CT molecular complexity index is 1770. The van der Waals surface area contributed by atoms with Gasteiger partial charge >= 0.3 is 5.97 Å². The van der Waals surface area contributed by atoms with E-state index in [0.717, 1.165) is 58.7 Å². The molecule has 0 spiro atoms. The van der Waals surface area contributed by atoms with E-state index < -0.39 is 18.0 Å². The first-order valence-corrected chi connectivity index (χ1v) is 15.2. The minimum absolute atomic E-state index is 0.316. The highest BCUT2D eigenvalue weighted by molar-refractivity contribution is 7.14. The summed E-state index contributed by atoms with van der Waals surface area (Å²) >= 11 is 1.31. The number of anilines is 1. The van der Waals surface area contributed by atoms with E-state index in [1.807, 2.05) is 79.0 Å². The van der Waals surface area contributed by atoms with Gasteiger partial charge in [-0.05, 0) is 30.2 Å². The van der Waals surface area contributed by atoms with E-state index in [1.165, 1.54) is 16.9 Å². The van der Waals surface area contributed by atoms with Gasteiger partial charge in [0.2, 0.25) is 0 Å². The van der Waals surface area contributed by atoms with Crippen molar-refractivity contribution < 1.29 is 19.1 Å². The highest BCUT2D eigenvalue weighted by Gasteiger charge is 2.30. The van der Waals surface area contributed by atoms with Crippen molar-refractivity contribution in [1.82, 2.24) is 14.9 Å². The predicted octanol–water partition coefficient (Wildman–Crippen LogP) is 6.50. The van der Waals surface area contributed by atoms with Gasteiger partial charge in [0.25, 0.3) is 5.91 Å². The highest BCUT2D eigenvalue weighted by Crippen LogP contribution is 2.31. The number of amides is 1. The number of hydrogen-bond donors (Lipinski definition) is 1. The number of nitrogens with zero attached hydrogens (tertiary/aromatic N) is 3. The zero-order valence-electron chi connectivity index (χ0n) is 24.1. The van der Waals surface area contributed by atoms with Crippen LogP contribution in [0.2, 0.25) is 0 Å². The Labute approximate surface area is 254 Å². The molecule has 1 unspecified atom stereocenters. The molecule has 8 nitrogen and oxygen atoms in total. The van der Waals surface area contributed by atoms with Gasteiger partial charge in [-0.1, -0.05) is 67.6 Å². The Kier molecular flexibility index (Phi) is 8.44. The Morgan fingerprint density at radius 1 is 1.02 bits per heavy atom. The van der Waals surface area contributed by atoms with Crippen molar-refractivity contribution >= 4 is 39.2 Å². The maximum atomic E-state index is 13.9. The molecular formula is C34H32N4O4S. The summed E-state index contributed by atoms with van der Waals surface area (Å²) in [6.07, 6.45) is 0.0602. The molecule has 43 heavy (non-hydrogen) atoms. The molecule has 0 saturated heterocycles. The van der Waals surface area contributed by atoms with E-state index >= 15 is 0 Å². The molecule has 0 saturated carbocycles. The van der Waals surface area contributed by atoms with Gasteiger partial charge in [-0.25, -0.2) is 9.78 Å². The van der Waals surface area contributed by atoms with Crippen LogP contribution in [0.15, 0.2) is 84.2 Å². The molecule has 9 heteroatoms. The van der Waals surface area contributed by atoms with Crippen molar-refractivity contribution in [3.8, 4) is 17.0 Å². The third-order valence-electron chi connectivity index (χ3n) is 7.59. The first kappa shape index (κ1) is 28.5. The molecule has 6 rings (SSSR count). The molecule has 1 aliphatic rings. The number of nitrogens with one attached hydrogen (secondary N) is 1. The molecule has 1 aliphatic heterocycles. The van der Waals surface area contributed by atoms with Gasteiger partial charge in [0.1, 0.15) is 5.75 Å². The average molecular weight is 593 g/mol. The fourth-order valence-electron chi connectivity index (χ4n) is 5.40. The minimum atomic E-state index is -0.983. The summed E-state index contributed by atoms with van der Waals surface area (Å²) in [6, 6.07) is 25.5. The van der Waals surface area contributed by atoms with Crippen LogP contribution in [0.25, 0.3) is 22.2 Å². The maximum Gasteiger partial charge on any atom is 0.340 e. The van der Waals surface area contributed by atoms with Crippen LogP contribution in [0, 0.1) is 0 Å². The van der Waals surface area contributed by atoms with E-state index in [9.17, 15) is 9.59 Å². The molecule has 5 aromatic rings. The summed E-state index contributed by atoms with van der Waals surface area (Å²) < 4.78 is 11.2.